The van der Waals surface area contributed by atoms with E-state index >= 15 is 0 Å². The average Bonchev–Trinajstić information content (AvgIpc) is 2.55. The van der Waals surface area contributed by atoms with Gasteiger partial charge >= 0.3 is 7.60 Å². The summed E-state index contributed by atoms with van der Waals surface area (Å²) in [5.41, 5.74) is 0.667. The molecule has 1 rings (SSSR count). The SMILES string of the molecule is CCC(I)(I)I.CCOP(=O)(OCC)C(C)(C)c1ccc([N+](=O)[O-])cc1. The molecule has 0 atom stereocenters. The highest BCUT2D eigenvalue weighted by Gasteiger charge is 2.44. The fourth-order valence-electron chi connectivity index (χ4n) is 1.85. The lowest BCUT2D eigenvalue weighted by Crippen LogP contribution is -2.21. The molecule has 26 heavy (non-hydrogen) atoms. The van der Waals surface area contributed by atoms with Gasteiger partial charge in [-0.3, -0.25) is 14.7 Å². The van der Waals surface area contributed by atoms with Crippen LogP contribution in [0, 0.1) is 10.1 Å². The number of halogens is 3. The highest BCUT2D eigenvalue weighted by atomic mass is 127. The lowest BCUT2D eigenvalue weighted by molar-refractivity contribution is -0.384. The molecule has 0 aliphatic carbocycles. The second-order valence-corrected chi connectivity index (χ2v) is 20.0. The molecule has 0 aromatic heterocycles. The number of alkyl halides is 3. The first-order valence-electron chi connectivity index (χ1n) is 8.05. The molecule has 0 saturated carbocycles. The summed E-state index contributed by atoms with van der Waals surface area (Å²) >= 11 is 7.24. The molecule has 0 radical (unpaired) electrons. The Morgan fingerprint density at radius 1 is 1.04 bits per heavy atom. The average molecular weight is 723 g/mol. The maximum Gasteiger partial charge on any atom is 0.340 e. The van der Waals surface area contributed by atoms with E-state index in [2.05, 4.69) is 74.7 Å². The number of benzene rings is 1. The van der Waals surface area contributed by atoms with Crippen LogP contribution in [0.2, 0.25) is 0 Å². The molecule has 0 spiro atoms. The first-order chi connectivity index (χ1) is 11.8. The fourth-order valence-corrected chi connectivity index (χ4v) is 3.71. The summed E-state index contributed by atoms with van der Waals surface area (Å²) in [4.78, 5) is 10.2. The Bertz CT molecular complexity index is 607. The number of rotatable bonds is 8. The molecule has 0 unspecified atom stereocenters. The molecule has 10 heteroatoms. The number of nitro groups is 1. The van der Waals surface area contributed by atoms with Crippen molar-refractivity contribution in [3.8, 4) is 0 Å². The van der Waals surface area contributed by atoms with E-state index in [4.69, 9.17) is 9.05 Å². The Hall–Kier alpha value is 0.960. The van der Waals surface area contributed by atoms with Gasteiger partial charge in [0.2, 0.25) is 0 Å². The van der Waals surface area contributed by atoms with Gasteiger partial charge in [0.05, 0.1) is 23.3 Å². The number of non-ortho nitro benzene ring substituents is 1. The Balaban J connectivity index is 0.000000896. The molecule has 0 heterocycles. The minimum absolute atomic E-state index is 0.00722. The van der Waals surface area contributed by atoms with Crippen LogP contribution < -0.4 is 0 Å². The Labute approximate surface area is 196 Å². The van der Waals surface area contributed by atoms with Crippen LogP contribution in [0.25, 0.3) is 0 Å². The number of nitrogens with zero attached hydrogens (tertiary/aromatic N) is 1. The molecular weight excluding hydrogens is 698 g/mol. The molecule has 0 aliphatic heterocycles. The largest absolute Gasteiger partial charge is 0.340 e. The van der Waals surface area contributed by atoms with Gasteiger partial charge in [0.25, 0.3) is 5.69 Å². The van der Waals surface area contributed by atoms with Gasteiger partial charge in [-0.15, -0.1) is 0 Å². The molecule has 6 nitrogen and oxygen atoms in total. The lowest BCUT2D eigenvalue weighted by atomic mass is 10.0. The Morgan fingerprint density at radius 3 is 1.69 bits per heavy atom. The molecule has 1 aromatic rings. The zero-order chi connectivity index (χ0) is 20.6. The number of nitro benzene ring substituents is 1. The molecule has 150 valence electrons. The standard InChI is InChI=1S/C13H20NO5P.C3H5I3/c1-5-18-20(17,19-6-2)13(3,4)11-7-9-12(10-8-11)14(15)16;1-2-3(4,5)6/h7-10H,5-6H2,1-4H3;2H2,1H3. The van der Waals surface area contributed by atoms with Crippen LogP contribution in [0.4, 0.5) is 5.69 Å². The van der Waals surface area contributed by atoms with Gasteiger partial charge < -0.3 is 9.05 Å². The fraction of sp³-hybridized carbons (Fsp3) is 0.625. The van der Waals surface area contributed by atoms with Crippen LogP contribution in [-0.4, -0.2) is 17.6 Å². The number of hydrogen-bond acceptors (Lipinski definition) is 5. The molecule has 0 N–H and O–H groups in total. The highest BCUT2D eigenvalue weighted by molar-refractivity contribution is 14.3. The summed E-state index contributed by atoms with van der Waals surface area (Å²) in [5.74, 6) is 0. The third-order valence-corrected chi connectivity index (χ3v) is 8.58. The van der Waals surface area contributed by atoms with Gasteiger partial charge in [0, 0.05) is 12.1 Å². The van der Waals surface area contributed by atoms with Crippen LogP contribution in [0.5, 0.6) is 0 Å². The van der Waals surface area contributed by atoms with Crippen LogP contribution >= 0.6 is 75.4 Å². The predicted octanol–water partition coefficient (Wildman–Crippen LogP) is 7.45. The first-order valence-corrected chi connectivity index (χ1v) is 12.8. The summed E-state index contributed by atoms with van der Waals surface area (Å²) < 4.78 is 24.1. The maximum atomic E-state index is 12.9. The van der Waals surface area contributed by atoms with Crippen molar-refractivity contribution in [1.29, 1.82) is 0 Å². The minimum atomic E-state index is -3.35. The zero-order valence-electron chi connectivity index (χ0n) is 15.5. The Morgan fingerprint density at radius 2 is 1.42 bits per heavy atom. The molecule has 0 fully saturated rings. The van der Waals surface area contributed by atoms with Crippen molar-refractivity contribution in [3.63, 3.8) is 0 Å². The van der Waals surface area contributed by atoms with Crippen molar-refractivity contribution >= 4 is 81.1 Å². The monoisotopic (exact) mass is 723 g/mol. The summed E-state index contributed by atoms with van der Waals surface area (Å²) in [6, 6.07) is 5.95. The number of hydrogen-bond donors (Lipinski definition) is 0. The summed E-state index contributed by atoms with van der Waals surface area (Å²) in [7, 11) is -3.35. The summed E-state index contributed by atoms with van der Waals surface area (Å²) in [6.07, 6.45) is 1.23. The highest BCUT2D eigenvalue weighted by Crippen LogP contribution is 2.64. The molecule has 0 saturated heterocycles. The second-order valence-electron chi connectivity index (χ2n) is 5.66. The van der Waals surface area contributed by atoms with Gasteiger partial charge in [-0.25, -0.2) is 0 Å². The van der Waals surface area contributed by atoms with Crippen molar-refractivity contribution in [3.05, 3.63) is 39.9 Å². The van der Waals surface area contributed by atoms with Crippen LogP contribution in [0.1, 0.15) is 46.6 Å². The van der Waals surface area contributed by atoms with Crippen molar-refractivity contribution in [1.82, 2.24) is 0 Å². The van der Waals surface area contributed by atoms with Crippen LogP contribution in [0.15, 0.2) is 24.3 Å². The van der Waals surface area contributed by atoms with E-state index in [0.29, 0.717) is 5.00 Å². The van der Waals surface area contributed by atoms with Gasteiger partial charge in [0.1, 0.15) is -0.565 Å². The third-order valence-electron chi connectivity index (χ3n) is 3.47. The van der Waals surface area contributed by atoms with E-state index in [9.17, 15) is 14.7 Å². The summed E-state index contributed by atoms with van der Waals surface area (Å²) in [5, 5.41) is 9.78. The van der Waals surface area contributed by atoms with E-state index in [-0.39, 0.29) is 18.9 Å². The maximum absolute atomic E-state index is 12.9. The smallest absolute Gasteiger partial charge is 0.308 e. The normalized spacial score (nSPS) is 12.3. The molecule has 0 bridgehead atoms. The van der Waals surface area contributed by atoms with Gasteiger partial charge in [0.15, 0.2) is 0 Å². The van der Waals surface area contributed by atoms with Gasteiger partial charge in [-0.1, -0.05) is 86.8 Å². The first kappa shape index (κ1) is 27.0. The minimum Gasteiger partial charge on any atom is -0.308 e. The second kappa shape index (κ2) is 11.8. The predicted molar refractivity (Wildman–Crippen MR) is 132 cm³/mol. The lowest BCUT2D eigenvalue weighted by Gasteiger charge is -2.33. The van der Waals surface area contributed by atoms with Gasteiger partial charge in [-0.05, 0) is 39.7 Å². The molecule has 1 aromatic carbocycles. The van der Waals surface area contributed by atoms with E-state index in [1.165, 1.54) is 18.6 Å². The molecular formula is C16H25I3NO5P. The van der Waals surface area contributed by atoms with Crippen molar-refractivity contribution in [2.45, 2.75) is 45.6 Å². The zero-order valence-corrected chi connectivity index (χ0v) is 22.9. The summed E-state index contributed by atoms with van der Waals surface area (Å²) in [6.45, 7) is 9.72. The quantitative estimate of drug-likeness (QED) is 0.0917. The van der Waals surface area contributed by atoms with E-state index < -0.39 is 17.7 Å². The molecule has 0 aliphatic rings. The van der Waals surface area contributed by atoms with Crippen molar-refractivity contribution < 1.29 is 18.5 Å². The van der Waals surface area contributed by atoms with E-state index in [0.717, 1.165) is 0 Å². The van der Waals surface area contributed by atoms with E-state index in [1.807, 2.05) is 0 Å². The van der Waals surface area contributed by atoms with E-state index in [1.54, 1.807) is 39.8 Å². The third kappa shape index (κ3) is 8.54. The Kier molecular flexibility index (Phi) is 12.3. The van der Waals surface area contributed by atoms with Crippen molar-refractivity contribution in [2.75, 3.05) is 13.2 Å². The van der Waals surface area contributed by atoms with Crippen LogP contribution in [0.3, 0.4) is 0 Å². The topological polar surface area (TPSA) is 78.7 Å². The molecule has 0 amide bonds. The van der Waals surface area contributed by atoms with Crippen LogP contribution in [-0.2, 0) is 18.8 Å². The van der Waals surface area contributed by atoms with Crippen molar-refractivity contribution in [2.24, 2.45) is 0 Å². The van der Waals surface area contributed by atoms with Gasteiger partial charge in [-0.2, -0.15) is 0 Å².